The molecule has 5 heteroatoms. The fraction of sp³-hybridized carbons (Fsp3) is 0.300. The second kappa shape index (κ2) is 6.97. The first-order chi connectivity index (χ1) is 11.9. The molecule has 1 aliphatic rings. The number of aromatic hydroxyl groups is 1. The maximum atomic E-state index is 12.4. The van der Waals surface area contributed by atoms with Crippen LogP contribution >= 0.6 is 0 Å². The molecule has 0 atom stereocenters. The van der Waals surface area contributed by atoms with Crippen molar-refractivity contribution >= 4 is 23.2 Å². The average Bonchev–Trinajstić information content (AvgIpc) is 3.41. The lowest BCUT2D eigenvalue weighted by Crippen LogP contribution is -2.14. The summed E-state index contributed by atoms with van der Waals surface area (Å²) in [6, 6.07) is 12.0. The first-order valence-corrected chi connectivity index (χ1v) is 8.49. The summed E-state index contributed by atoms with van der Waals surface area (Å²) in [4.78, 5) is 24.2. The topological polar surface area (TPSA) is 78.4 Å². The minimum Gasteiger partial charge on any atom is -0.507 e. The zero-order valence-electron chi connectivity index (χ0n) is 14.4. The minimum atomic E-state index is -0.366. The zero-order chi connectivity index (χ0) is 18.0. The monoisotopic (exact) mass is 338 g/mol. The second-order valence-electron chi connectivity index (χ2n) is 6.73. The lowest BCUT2D eigenvalue weighted by atomic mass is 10.00. The van der Waals surface area contributed by atoms with E-state index in [1.807, 2.05) is 19.9 Å². The van der Waals surface area contributed by atoms with Gasteiger partial charge in [-0.3, -0.25) is 9.59 Å². The summed E-state index contributed by atoms with van der Waals surface area (Å²) in [5.74, 6) is 0.0503. The number of carbonyl (C=O) groups is 2. The molecule has 3 N–H and O–H groups in total. The van der Waals surface area contributed by atoms with Gasteiger partial charge in [-0.2, -0.15) is 0 Å². The van der Waals surface area contributed by atoms with Gasteiger partial charge < -0.3 is 15.7 Å². The Hall–Kier alpha value is -2.82. The molecule has 130 valence electrons. The van der Waals surface area contributed by atoms with Crippen LogP contribution in [0.4, 0.5) is 11.4 Å². The molecule has 0 unspecified atom stereocenters. The summed E-state index contributed by atoms with van der Waals surface area (Å²) >= 11 is 0. The lowest BCUT2D eigenvalue weighted by Gasteiger charge is -2.11. The van der Waals surface area contributed by atoms with Crippen molar-refractivity contribution in [3.63, 3.8) is 0 Å². The highest BCUT2D eigenvalue weighted by Crippen LogP contribution is 2.30. The number of rotatable bonds is 5. The van der Waals surface area contributed by atoms with E-state index in [-0.39, 0.29) is 35.0 Å². The van der Waals surface area contributed by atoms with Gasteiger partial charge in [0.15, 0.2) is 0 Å². The van der Waals surface area contributed by atoms with Gasteiger partial charge in [0.1, 0.15) is 5.75 Å². The van der Waals surface area contributed by atoms with E-state index in [1.165, 1.54) is 0 Å². The quantitative estimate of drug-likeness (QED) is 0.767. The van der Waals surface area contributed by atoms with Crippen LogP contribution in [0.15, 0.2) is 42.5 Å². The molecular formula is C20H22N2O3. The fourth-order valence-corrected chi connectivity index (χ4v) is 2.52. The lowest BCUT2D eigenvalue weighted by molar-refractivity contribution is -0.117. The van der Waals surface area contributed by atoms with Crippen molar-refractivity contribution in [2.24, 2.45) is 5.92 Å². The molecule has 0 aromatic heterocycles. The van der Waals surface area contributed by atoms with E-state index >= 15 is 0 Å². The highest BCUT2D eigenvalue weighted by atomic mass is 16.3. The minimum absolute atomic E-state index is 0.0461. The maximum absolute atomic E-state index is 12.4. The van der Waals surface area contributed by atoms with Crippen molar-refractivity contribution < 1.29 is 14.7 Å². The van der Waals surface area contributed by atoms with Crippen molar-refractivity contribution in [2.45, 2.75) is 32.6 Å². The third-order valence-electron chi connectivity index (χ3n) is 4.29. The Kier molecular flexibility index (Phi) is 4.74. The van der Waals surface area contributed by atoms with E-state index in [2.05, 4.69) is 10.6 Å². The molecule has 2 amide bonds. The SMILES string of the molecule is CC(C)c1ccc(O)c(C(=O)Nc2ccc(NC(=O)C3CC3)cc2)c1. The van der Waals surface area contributed by atoms with Gasteiger partial charge in [-0.25, -0.2) is 0 Å². The number of hydrogen-bond acceptors (Lipinski definition) is 3. The van der Waals surface area contributed by atoms with Crippen LogP contribution in [0.1, 0.15) is 48.5 Å². The Morgan fingerprint density at radius 1 is 1.00 bits per heavy atom. The standard InChI is InChI=1S/C20H22N2O3/c1-12(2)14-5-10-18(23)17(11-14)20(25)22-16-8-6-15(7-9-16)21-19(24)13-3-4-13/h5-13,23H,3-4H2,1-2H3,(H,21,24)(H,22,25). The van der Waals surface area contributed by atoms with E-state index in [4.69, 9.17) is 0 Å². The average molecular weight is 338 g/mol. The predicted octanol–water partition coefficient (Wildman–Crippen LogP) is 4.12. The Morgan fingerprint density at radius 3 is 2.16 bits per heavy atom. The normalized spacial score (nSPS) is 13.6. The molecule has 2 aromatic carbocycles. The zero-order valence-corrected chi connectivity index (χ0v) is 14.4. The second-order valence-corrected chi connectivity index (χ2v) is 6.73. The molecule has 0 radical (unpaired) electrons. The Morgan fingerprint density at radius 2 is 1.60 bits per heavy atom. The van der Waals surface area contributed by atoms with Gasteiger partial charge >= 0.3 is 0 Å². The van der Waals surface area contributed by atoms with E-state index in [9.17, 15) is 14.7 Å². The molecule has 5 nitrogen and oxygen atoms in total. The van der Waals surface area contributed by atoms with Crippen molar-refractivity contribution in [1.29, 1.82) is 0 Å². The summed E-state index contributed by atoms with van der Waals surface area (Å²) in [6.45, 7) is 4.06. The molecule has 0 bridgehead atoms. The van der Waals surface area contributed by atoms with Gasteiger partial charge in [-0.1, -0.05) is 19.9 Å². The summed E-state index contributed by atoms with van der Waals surface area (Å²) in [5.41, 5.74) is 2.54. The number of carbonyl (C=O) groups excluding carboxylic acids is 2. The third-order valence-corrected chi connectivity index (χ3v) is 4.29. The summed E-state index contributed by atoms with van der Waals surface area (Å²) in [6.07, 6.45) is 1.91. The molecule has 2 aromatic rings. The highest BCUT2D eigenvalue weighted by Gasteiger charge is 2.29. The van der Waals surface area contributed by atoms with Crippen LogP contribution in [-0.4, -0.2) is 16.9 Å². The number of benzene rings is 2. The molecule has 0 saturated heterocycles. The largest absolute Gasteiger partial charge is 0.507 e. The first kappa shape index (κ1) is 17.0. The van der Waals surface area contributed by atoms with Crippen LogP contribution in [0.25, 0.3) is 0 Å². The van der Waals surface area contributed by atoms with Gasteiger partial charge in [0, 0.05) is 17.3 Å². The third kappa shape index (κ3) is 4.18. The van der Waals surface area contributed by atoms with E-state index in [1.54, 1.807) is 36.4 Å². The summed E-state index contributed by atoms with van der Waals surface area (Å²) in [5, 5.41) is 15.6. The van der Waals surface area contributed by atoms with E-state index < -0.39 is 0 Å². The molecule has 25 heavy (non-hydrogen) atoms. The molecule has 0 heterocycles. The first-order valence-electron chi connectivity index (χ1n) is 8.49. The summed E-state index contributed by atoms with van der Waals surface area (Å²) in [7, 11) is 0. The van der Waals surface area contributed by atoms with Crippen LogP contribution in [0.3, 0.4) is 0 Å². The van der Waals surface area contributed by atoms with Crippen LogP contribution in [0, 0.1) is 5.92 Å². The molecule has 0 spiro atoms. The van der Waals surface area contributed by atoms with Crippen molar-refractivity contribution in [2.75, 3.05) is 10.6 Å². The van der Waals surface area contributed by atoms with Crippen molar-refractivity contribution in [3.8, 4) is 5.75 Å². The van der Waals surface area contributed by atoms with Gasteiger partial charge in [-0.15, -0.1) is 0 Å². The number of phenols is 1. The Balaban J connectivity index is 1.68. The number of hydrogen-bond donors (Lipinski definition) is 3. The molecule has 3 rings (SSSR count). The predicted molar refractivity (Wildman–Crippen MR) is 97.9 cm³/mol. The van der Waals surface area contributed by atoms with Crippen LogP contribution in [-0.2, 0) is 4.79 Å². The van der Waals surface area contributed by atoms with E-state index in [0.29, 0.717) is 11.4 Å². The molecule has 1 fully saturated rings. The Labute approximate surface area is 147 Å². The van der Waals surface area contributed by atoms with Crippen LogP contribution in [0.2, 0.25) is 0 Å². The van der Waals surface area contributed by atoms with Gasteiger partial charge in [0.05, 0.1) is 5.56 Å². The maximum Gasteiger partial charge on any atom is 0.259 e. The van der Waals surface area contributed by atoms with Crippen LogP contribution < -0.4 is 10.6 Å². The van der Waals surface area contributed by atoms with Crippen molar-refractivity contribution in [1.82, 2.24) is 0 Å². The van der Waals surface area contributed by atoms with E-state index in [0.717, 1.165) is 18.4 Å². The smallest absolute Gasteiger partial charge is 0.259 e. The highest BCUT2D eigenvalue weighted by molar-refractivity contribution is 6.06. The molecule has 1 saturated carbocycles. The van der Waals surface area contributed by atoms with Crippen LogP contribution in [0.5, 0.6) is 5.75 Å². The van der Waals surface area contributed by atoms with Crippen molar-refractivity contribution in [3.05, 3.63) is 53.6 Å². The molecule has 0 aliphatic heterocycles. The van der Waals surface area contributed by atoms with Gasteiger partial charge in [0.25, 0.3) is 5.91 Å². The fourth-order valence-electron chi connectivity index (χ4n) is 2.52. The Bertz CT molecular complexity index is 793. The number of phenolic OH excluding ortho intramolecular Hbond substituents is 1. The molecular weight excluding hydrogens is 316 g/mol. The van der Waals surface area contributed by atoms with Gasteiger partial charge in [0.2, 0.25) is 5.91 Å². The number of anilines is 2. The summed E-state index contributed by atoms with van der Waals surface area (Å²) < 4.78 is 0. The number of nitrogens with one attached hydrogen (secondary N) is 2. The number of amides is 2. The van der Waals surface area contributed by atoms with Gasteiger partial charge in [-0.05, 0) is 60.7 Å². The molecule has 1 aliphatic carbocycles.